The molecule has 22 heavy (non-hydrogen) atoms. The summed E-state index contributed by atoms with van der Waals surface area (Å²) in [6, 6.07) is 10.3. The molecule has 0 heterocycles. The summed E-state index contributed by atoms with van der Waals surface area (Å²) in [6.45, 7) is 5.68. The van der Waals surface area contributed by atoms with Gasteiger partial charge in [-0.1, -0.05) is 30.3 Å². The van der Waals surface area contributed by atoms with E-state index < -0.39 is 6.10 Å². The molecule has 1 aromatic rings. The van der Waals surface area contributed by atoms with Crippen LogP contribution in [-0.4, -0.2) is 41.1 Å². The Morgan fingerprint density at radius 2 is 2.00 bits per heavy atom. The van der Waals surface area contributed by atoms with Crippen molar-refractivity contribution in [2.45, 2.75) is 51.3 Å². The normalized spacial score (nSPS) is 22.0. The monoisotopic (exact) mass is 304 g/mol. The Balaban J connectivity index is 1.85. The summed E-state index contributed by atoms with van der Waals surface area (Å²) < 4.78 is 0. The third kappa shape index (κ3) is 4.82. The number of hydrogen-bond donors (Lipinski definition) is 2. The van der Waals surface area contributed by atoms with Crippen molar-refractivity contribution in [3.63, 3.8) is 0 Å². The van der Waals surface area contributed by atoms with Crippen molar-refractivity contribution in [3.05, 3.63) is 35.9 Å². The average molecular weight is 304 g/mol. The number of carbonyl (C=O) groups excluding carboxylic acids is 1. The molecule has 0 saturated heterocycles. The summed E-state index contributed by atoms with van der Waals surface area (Å²) in [5.74, 6) is -0.248. The second kappa shape index (κ2) is 7.25. The molecule has 2 N–H and O–H groups in total. The zero-order valence-electron chi connectivity index (χ0n) is 13.9. The standard InChI is InChI=1S/C18H28N2O2/c1-18(2,19-17(22)15-10-7-11-16(15)21)13-20(3)12-14-8-5-4-6-9-14/h4-6,8-9,15-16,21H,7,10-13H2,1-3H3,(H,19,22). The average Bonchev–Trinajstić information content (AvgIpc) is 2.84. The third-order valence-corrected chi connectivity index (χ3v) is 4.24. The number of hydrogen-bond acceptors (Lipinski definition) is 3. The lowest BCUT2D eigenvalue weighted by atomic mass is 10.00. The fourth-order valence-electron chi connectivity index (χ4n) is 3.34. The molecule has 122 valence electrons. The number of carbonyl (C=O) groups is 1. The number of rotatable bonds is 6. The van der Waals surface area contributed by atoms with Crippen LogP contribution in [-0.2, 0) is 11.3 Å². The molecule has 1 aromatic carbocycles. The van der Waals surface area contributed by atoms with Crippen LogP contribution in [0.4, 0.5) is 0 Å². The van der Waals surface area contributed by atoms with E-state index in [0.717, 1.165) is 32.4 Å². The minimum atomic E-state index is -0.474. The molecule has 1 fully saturated rings. The van der Waals surface area contributed by atoms with Gasteiger partial charge in [-0.15, -0.1) is 0 Å². The van der Waals surface area contributed by atoms with Crippen molar-refractivity contribution in [1.29, 1.82) is 0 Å². The third-order valence-electron chi connectivity index (χ3n) is 4.24. The fourth-order valence-corrected chi connectivity index (χ4v) is 3.34. The van der Waals surface area contributed by atoms with Crippen LogP contribution in [0.25, 0.3) is 0 Å². The lowest BCUT2D eigenvalue weighted by Crippen LogP contribution is -2.53. The lowest BCUT2D eigenvalue weighted by molar-refractivity contribution is -0.129. The van der Waals surface area contributed by atoms with Crippen molar-refractivity contribution >= 4 is 5.91 Å². The number of nitrogens with zero attached hydrogens (tertiary/aromatic N) is 1. The molecule has 0 spiro atoms. The summed E-state index contributed by atoms with van der Waals surface area (Å²) in [6.07, 6.45) is 2.00. The van der Waals surface area contributed by atoms with E-state index in [2.05, 4.69) is 29.4 Å². The largest absolute Gasteiger partial charge is 0.392 e. The molecule has 0 aromatic heterocycles. The number of benzene rings is 1. The van der Waals surface area contributed by atoms with Crippen LogP contribution in [0.2, 0.25) is 0 Å². The summed E-state index contributed by atoms with van der Waals surface area (Å²) in [7, 11) is 2.06. The Bertz CT molecular complexity index is 487. The van der Waals surface area contributed by atoms with Crippen molar-refractivity contribution in [1.82, 2.24) is 10.2 Å². The molecule has 2 rings (SSSR count). The molecule has 1 amide bonds. The van der Waals surface area contributed by atoms with E-state index in [0.29, 0.717) is 0 Å². The highest BCUT2D eigenvalue weighted by Gasteiger charge is 2.34. The number of amides is 1. The number of likely N-dealkylation sites (N-methyl/N-ethyl adjacent to an activating group) is 1. The Morgan fingerprint density at radius 1 is 1.32 bits per heavy atom. The highest BCUT2D eigenvalue weighted by molar-refractivity contribution is 5.80. The van der Waals surface area contributed by atoms with Gasteiger partial charge < -0.3 is 10.4 Å². The van der Waals surface area contributed by atoms with E-state index in [9.17, 15) is 9.90 Å². The number of nitrogens with one attached hydrogen (secondary N) is 1. The van der Waals surface area contributed by atoms with Gasteiger partial charge in [-0.3, -0.25) is 9.69 Å². The Kier molecular flexibility index (Phi) is 5.59. The summed E-state index contributed by atoms with van der Waals surface area (Å²) >= 11 is 0. The first kappa shape index (κ1) is 17.0. The Hall–Kier alpha value is -1.39. The smallest absolute Gasteiger partial charge is 0.226 e. The van der Waals surface area contributed by atoms with E-state index in [1.807, 2.05) is 32.0 Å². The summed E-state index contributed by atoms with van der Waals surface area (Å²) in [5, 5.41) is 13.0. The van der Waals surface area contributed by atoms with Crippen molar-refractivity contribution < 1.29 is 9.90 Å². The molecule has 4 nitrogen and oxygen atoms in total. The van der Waals surface area contributed by atoms with Crippen LogP contribution >= 0.6 is 0 Å². The second-order valence-electron chi connectivity index (χ2n) is 7.14. The van der Waals surface area contributed by atoms with Crippen LogP contribution in [0, 0.1) is 5.92 Å². The van der Waals surface area contributed by atoms with Gasteiger partial charge >= 0.3 is 0 Å². The molecular formula is C18H28N2O2. The number of aliphatic hydroxyl groups excluding tert-OH is 1. The van der Waals surface area contributed by atoms with Crippen molar-refractivity contribution in [2.24, 2.45) is 5.92 Å². The van der Waals surface area contributed by atoms with Gasteiger partial charge in [0.15, 0.2) is 0 Å². The van der Waals surface area contributed by atoms with Crippen molar-refractivity contribution in [3.8, 4) is 0 Å². The maximum atomic E-state index is 12.3. The number of aliphatic hydroxyl groups is 1. The Morgan fingerprint density at radius 3 is 2.59 bits per heavy atom. The predicted molar refractivity (Wildman–Crippen MR) is 88.3 cm³/mol. The highest BCUT2D eigenvalue weighted by atomic mass is 16.3. The topological polar surface area (TPSA) is 52.6 Å². The van der Waals surface area contributed by atoms with E-state index in [-0.39, 0.29) is 17.4 Å². The summed E-state index contributed by atoms with van der Waals surface area (Å²) in [4.78, 5) is 14.5. The van der Waals surface area contributed by atoms with Gasteiger partial charge in [0.2, 0.25) is 5.91 Å². The quantitative estimate of drug-likeness (QED) is 0.847. The molecule has 2 atom stereocenters. The molecule has 4 heteroatoms. The van der Waals surface area contributed by atoms with E-state index in [4.69, 9.17) is 0 Å². The van der Waals surface area contributed by atoms with Crippen LogP contribution < -0.4 is 5.32 Å². The molecule has 1 aliphatic rings. The first-order valence-corrected chi connectivity index (χ1v) is 8.10. The van der Waals surface area contributed by atoms with Crippen LogP contribution in [0.15, 0.2) is 30.3 Å². The van der Waals surface area contributed by atoms with E-state index in [1.54, 1.807) is 0 Å². The molecule has 0 bridgehead atoms. The van der Waals surface area contributed by atoms with Crippen LogP contribution in [0.5, 0.6) is 0 Å². The maximum Gasteiger partial charge on any atom is 0.226 e. The maximum absolute atomic E-state index is 12.3. The zero-order valence-corrected chi connectivity index (χ0v) is 13.9. The van der Waals surface area contributed by atoms with Gasteiger partial charge in [0.25, 0.3) is 0 Å². The molecule has 1 saturated carbocycles. The molecule has 0 aliphatic heterocycles. The Labute approximate surface area is 133 Å². The highest BCUT2D eigenvalue weighted by Crippen LogP contribution is 2.26. The van der Waals surface area contributed by atoms with Gasteiger partial charge in [-0.25, -0.2) is 0 Å². The lowest BCUT2D eigenvalue weighted by Gasteiger charge is -2.32. The molecule has 0 radical (unpaired) electrons. The second-order valence-corrected chi connectivity index (χ2v) is 7.14. The minimum Gasteiger partial charge on any atom is -0.392 e. The van der Waals surface area contributed by atoms with Crippen molar-refractivity contribution in [2.75, 3.05) is 13.6 Å². The van der Waals surface area contributed by atoms with Crippen LogP contribution in [0.1, 0.15) is 38.7 Å². The van der Waals surface area contributed by atoms with Gasteiger partial charge in [0, 0.05) is 18.6 Å². The predicted octanol–water partition coefficient (Wildman–Crippen LogP) is 2.17. The molecule has 1 aliphatic carbocycles. The van der Waals surface area contributed by atoms with Crippen LogP contribution in [0.3, 0.4) is 0 Å². The zero-order chi connectivity index (χ0) is 16.2. The van der Waals surface area contributed by atoms with Gasteiger partial charge in [0.05, 0.1) is 12.0 Å². The first-order valence-electron chi connectivity index (χ1n) is 8.10. The van der Waals surface area contributed by atoms with E-state index in [1.165, 1.54) is 5.56 Å². The van der Waals surface area contributed by atoms with Gasteiger partial charge in [-0.2, -0.15) is 0 Å². The van der Waals surface area contributed by atoms with Gasteiger partial charge in [0.1, 0.15) is 0 Å². The van der Waals surface area contributed by atoms with Gasteiger partial charge in [-0.05, 0) is 45.7 Å². The first-order chi connectivity index (χ1) is 10.4. The summed E-state index contributed by atoms with van der Waals surface area (Å²) in [5.41, 5.74) is 0.946. The molecule has 2 unspecified atom stereocenters. The minimum absolute atomic E-state index is 0.0110. The fraction of sp³-hybridized carbons (Fsp3) is 0.611. The van der Waals surface area contributed by atoms with E-state index >= 15 is 0 Å². The SMILES string of the molecule is CN(Cc1ccccc1)CC(C)(C)NC(=O)C1CCCC1O. The molecular weight excluding hydrogens is 276 g/mol.